The molecule has 20 heavy (non-hydrogen) atoms. The quantitative estimate of drug-likeness (QED) is 0.808. The van der Waals surface area contributed by atoms with Gasteiger partial charge in [-0.2, -0.15) is 5.26 Å². The van der Waals surface area contributed by atoms with Crippen molar-refractivity contribution in [2.45, 2.75) is 4.90 Å². The number of sulfonamides is 1. The summed E-state index contributed by atoms with van der Waals surface area (Å²) in [6.07, 6.45) is 0. The highest BCUT2D eigenvalue weighted by atomic mass is 79.9. The van der Waals surface area contributed by atoms with Crippen molar-refractivity contribution in [3.8, 4) is 6.07 Å². The number of nitrogens with zero attached hydrogens (tertiary/aromatic N) is 1. The monoisotopic (exact) mass is 410 g/mol. The van der Waals surface area contributed by atoms with Gasteiger partial charge in [0, 0.05) is 4.47 Å². The molecule has 0 atom stereocenters. The van der Waals surface area contributed by atoms with Crippen LogP contribution in [0, 0.1) is 11.3 Å². The van der Waals surface area contributed by atoms with Gasteiger partial charge in [0.15, 0.2) is 0 Å². The molecule has 1 N–H and O–H groups in total. The van der Waals surface area contributed by atoms with Crippen molar-refractivity contribution >= 4 is 66.2 Å². The van der Waals surface area contributed by atoms with Gasteiger partial charge in [-0.05, 0) is 40.2 Å². The average Bonchev–Trinajstić information content (AvgIpc) is 2.71. The first-order chi connectivity index (χ1) is 9.33. The van der Waals surface area contributed by atoms with Crippen molar-refractivity contribution in [3.05, 3.63) is 43.0 Å². The molecular formula is C11H5BrCl2N2O2S2. The van der Waals surface area contributed by atoms with E-state index >= 15 is 0 Å². The lowest BCUT2D eigenvalue weighted by molar-refractivity contribution is 0.601. The highest BCUT2D eigenvalue weighted by molar-refractivity contribution is 9.10. The topological polar surface area (TPSA) is 70.0 Å². The fourth-order valence-electron chi connectivity index (χ4n) is 1.38. The van der Waals surface area contributed by atoms with Crippen molar-refractivity contribution in [2.24, 2.45) is 0 Å². The second-order valence-corrected chi connectivity index (χ2v) is 8.39. The Balaban J connectivity index is 2.39. The molecule has 1 aromatic carbocycles. The van der Waals surface area contributed by atoms with E-state index in [1.165, 1.54) is 24.3 Å². The lowest BCUT2D eigenvalue weighted by Crippen LogP contribution is -2.13. The molecule has 2 aromatic rings. The third-order valence-corrected chi connectivity index (χ3v) is 6.03. The molecule has 9 heteroatoms. The van der Waals surface area contributed by atoms with Gasteiger partial charge in [0.25, 0.3) is 10.0 Å². The van der Waals surface area contributed by atoms with Crippen molar-refractivity contribution in [2.75, 3.05) is 4.72 Å². The molecule has 0 amide bonds. The lowest BCUT2D eigenvalue weighted by Gasteiger charge is -2.09. The molecule has 1 aromatic heterocycles. The van der Waals surface area contributed by atoms with Crippen LogP contribution in [0.5, 0.6) is 0 Å². The van der Waals surface area contributed by atoms with Gasteiger partial charge in [-0.15, -0.1) is 11.3 Å². The van der Waals surface area contributed by atoms with Crippen molar-refractivity contribution < 1.29 is 8.42 Å². The van der Waals surface area contributed by atoms with Crippen LogP contribution in [0.3, 0.4) is 0 Å². The smallest absolute Gasteiger partial charge is 0.264 e. The summed E-state index contributed by atoms with van der Waals surface area (Å²) < 4.78 is 27.6. The van der Waals surface area contributed by atoms with Crippen LogP contribution in [-0.4, -0.2) is 8.42 Å². The summed E-state index contributed by atoms with van der Waals surface area (Å²) >= 11 is 15.8. The molecule has 4 nitrogen and oxygen atoms in total. The predicted octanol–water partition coefficient (Wildman–Crippen LogP) is 4.49. The van der Waals surface area contributed by atoms with Crippen LogP contribution in [0.1, 0.15) is 5.56 Å². The summed E-state index contributed by atoms with van der Waals surface area (Å²) in [4.78, 5) is -0.0783. The number of hydrogen-bond donors (Lipinski definition) is 1. The first-order valence-corrected chi connectivity index (χ1v) is 8.85. The fraction of sp³-hybridized carbons (Fsp3) is 0. The summed E-state index contributed by atoms with van der Waals surface area (Å²) in [6.45, 7) is 0. The van der Waals surface area contributed by atoms with Gasteiger partial charge in [-0.3, -0.25) is 4.72 Å². The SMILES string of the molecule is N#Cc1ccc(NS(=O)(=O)c2cc(Cl)sc2Cl)c(Br)c1. The zero-order chi connectivity index (χ0) is 14.9. The van der Waals surface area contributed by atoms with Crippen LogP contribution in [0.4, 0.5) is 5.69 Å². The highest BCUT2D eigenvalue weighted by Gasteiger charge is 2.22. The maximum absolute atomic E-state index is 12.2. The minimum atomic E-state index is -3.83. The molecule has 0 unspecified atom stereocenters. The second kappa shape index (κ2) is 5.92. The summed E-state index contributed by atoms with van der Waals surface area (Å²) in [7, 11) is -3.83. The Morgan fingerprint density at radius 2 is 2.00 bits per heavy atom. The number of hydrogen-bond acceptors (Lipinski definition) is 4. The fourth-order valence-corrected chi connectivity index (χ4v) is 5.22. The first kappa shape index (κ1) is 15.6. The first-order valence-electron chi connectivity index (χ1n) is 5.01. The predicted molar refractivity (Wildman–Crippen MR) is 84.0 cm³/mol. The van der Waals surface area contributed by atoms with Crippen LogP contribution >= 0.6 is 50.5 Å². The molecule has 0 saturated heterocycles. The third-order valence-electron chi connectivity index (χ3n) is 2.26. The molecule has 0 radical (unpaired) electrons. The van der Waals surface area contributed by atoms with Gasteiger partial charge in [0.1, 0.15) is 9.23 Å². The molecule has 0 fully saturated rings. The Labute approximate surface area is 138 Å². The van der Waals surface area contributed by atoms with Gasteiger partial charge in [-0.25, -0.2) is 8.42 Å². The number of benzene rings is 1. The molecule has 0 spiro atoms. The Morgan fingerprint density at radius 3 is 2.50 bits per heavy atom. The molecule has 104 valence electrons. The van der Waals surface area contributed by atoms with E-state index in [1.54, 1.807) is 0 Å². The summed E-state index contributed by atoms with van der Waals surface area (Å²) in [5.41, 5.74) is 0.721. The summed E-state index contributed by atoms with van der Waals surface area (Å²) in [5, 5.41) is 8.76. The molecule has 0 bridgehead atoms. The Bertz CT molecular complexity index is 812. The maximum atomic E-state index is 12.2. The van der Waals surface area contributed by atoms with Crippen molar-refractivity contribution in [1.29, 1.82) is 5.26 Å². The largest absolute Gasteiger partial charge is 0.278 e. The zero-order valence-electron chi connectivity index (χ0n) is 9.52. The highest BCUT2D eigenvalue weighted by Crippen LogP contribution is 2.36. The number of rotatable bonds is 3. The van der Waals surface area contributed by atoms with E-state index in [0.717, 1.165) is 11.3 Å². The lowest BCUT2D eigenvalue weighted by atomic mass is 10.2. The van der Waals surface area contributed by atoms with Crippen LogP contribution in [0.2, 0.25) is 8.67 Å². The van der Waals surface area contributed by atoms with Crippen LogP contribution < -0.4 is 4.72 Å². The molecular weight excluding hydrogens is 407 g/mol. The number of nitrogens with one attached hydrogen (secondary N) is 1. The van der Waals surface area contributed by atoms with Crippen LogP contribution in [0.15, 0.2) is 33.6 Å². The summed E-state index contributed by atoms with van der Waals surface area (Å²) in [5.74, 6) is 0. The third kappa shape index (κ3) is 3.27. The van der Waals surface area contributed by atoms with E-state index in [2.05, 4.69) is 20.7 Å². The van der Waals surface area contributed by atoms with E-state index in [-0.39, 0.29) is 13.6 Å². The minimum absolute atomic E-state index is 0.0783. The molecule has 0 aliphatic heterocycles. The van der Waals surface area contributed by atoms with Crippen LogP contribution in [0.25, 0.3) is 0 Å². The molecule has 0 saturated carbocycles. The van der Waals surface area contributed by atoms with E-state index in [4.69, 9.17) is 28.5 Å². The molecule has 2 rings (SSSR count). The Kier molecular flexibility index (Phi) is 4.62. The van der Waals surface area contributed by atoms with Crippen molar-refractivity contribution in [1.82, 2.24) is 0 Å². The molecule has 0 aliphatic carbocycles. The van der Waals surface area contributed by atoms with Gasteiger partial charge < -0.3 is 0 Å². The normalized spacial score (nSPS) is 11.1. The van der Waals surface area contributed by atoms with E-state index in [9.17, 15) is 8.42 Å². The average molecular weight is 412 g/mol. The Morgan fingerprint density at radius 1 is 1.30 bits per heavy atom. The van der Waals surface area contributed by atoms with E-state index < -0.39 is 10.0 Å². The minimum Gasteiger partial charge on any atom is -0.278 e. The molecule has 1 heterocycles. The van der Waals surface area contributed by atoms with Gasteiger partial charge >= 0.3 is 0 Å². The van der Waals surface area contributed by atoms with Crippen molar-refractivity contribution in [3.63, 3.8) is 0 Å². The van der Waals surface area contributed by atoms with Crippen LogP contribution in [-0.2, 0) is 10.0 Å². The number of halogens is 3. The number of anilines is 1. The molecule has 0 aliphatic rings. The number of nitriles is 1. The Hall–Kier alpha value is -0.780. The van der Waals surface area contributed by atoms with Gasteiger partial charge in [-0.1, -0.05) is 23.2 Å². The zero-order valence-corrected chi connectivity index (χ0v) is 14.3. The summed E-state index contributed by atoms with van der Waals surface area (Å²) in [6, 6.07) is 7.75. The number of thiophene rings is 1. The standard InChI is InChI=1S/C11H5BrCl2N2O2S2/c12-7-3-6(5-15)1-2-8(7)16-20(17,18)9-4-10(13)19-11(9)14/h1-4,16H. The van der Waals surface area contributed by atoms with E-state index in [1.807, 2.05) is 6.07 Å². The second-order valence-electron chi connectivity index (χ2n) is 3.60. The van der Waals surface area contributed by atoms with Gasteiger partial charge in [0.05, 0.1) is 21.7 Å². The van der Waals surface area contributed by atoms with E-state index in [0.29, 0.717) is 15.7 Å². The maximum Gasteiger partial charge on any atom is 0.264 e. The van der Waals surface area contributed by atoms with Gasteiger partial charge in [0.2, 0.25) is 0 Å².